The molecule has 1 fully saturated rings. The van der Waals surface area contributed by atoms with Crippen LogP contribution in [0, 0.1) is 11.8 Å². The minimum absolute atomic E-state index is 0.0210. The minimum atomic E-state index is -0.318. The third-order valence-electron chi connectivity index (χ3n) is 5.04. The Morgan fingerprint density at radius 2 is 1.21 bits per heavy atom. The van der Waals surface area contributed by atoms with Crippen molar-refractivity contribution in [3.63, 3.8) is 0 Å². The van der Waals surface area contributed by atoms with E-state index in [1.807, 2.05) is 24.3 Å². The fraction of sp³-hybridized carbons (Fsp3) is 0.348. The van der Waals surface area contributed by atoms with Crippen LogP contribution in [-0.2, 0) is 15.0 Å². The molecule has 2 aromatic carbocycles. The van der Waals surface area contributed by atoms with Gasteiger partial charge in [-0.3, -0.25) is 14.4 Å². The smallest absolute Gasteiger partial charge is 0.228 e. The van der Waals surface area contributed by atoms with Gasteiger partial charge in [-0.1, -0.05) is 32.9 Å². The molecule has 5 heteroatoms. The topological polar surface area (TPSA) is 75.3 Å². The highest BCUT2D eigenvalue weighted by molar-refractivity contribution is 6.03. The van der Waals surface area contributed by atoms with Crippen molar-refractivity contribution in [1.82, 2.24) is 0 Å². The van der Waals surface area contributed by atoms with E-state index in [1.54, 1.807) is 24.3 Å². The zero-order valence-electron chi connectivity index (χ0n) is 16.7. The number of Topliss-reactive ketones (excluding diaryl/α,β-unsaturated/α-hetero) is 1. The van der Waals surface area contributed by atoms with Crippen LogP contribution in [-0.4, -0.2) is 17.6 Å². The molecule has 28 heavy (non-hydrogen) atoms. The summed E-state index contributed by atoms with van der Waals surface area (Å²) in [4.78, 5) is 36.1. The van der Waals surface area contributed by atoms with Crippen LogP contribution in [0.25, 0.3) is 0 Å². The summed E-state index contributed by atoms with van der Waals surface area (Å²) < 4.78 is 0. The van der Waals surface area contributed by atoms with Gasteiger partial charge < -0.3 is 10.6 Å². The number of anilines is 2. The molecule has 2 aromatic rings. The molecule has 2 amide bonds. The summed E-state index contributed by atoms with van der Waals surface area (Å²) in [5.41, 5.74) is 3.22. The van der Waals surface area contributed by atoms with Crippen molar-refractivity contribution in [3.8, 4) is 0 Å². The fourth-order valence-electron chi connectivity index (χ4n) is 3.09. The maximum atomic E-state index is 12.4. The lowest BCUT2D eigenvalue weighted by Gasteiger charge is -2.19. The van der Waals surface area contributed by atoms with Crippen LogP contribution in [0.15, 0.2) is 48.5 Å². The number of carbonyl (C=O) groups excluding carboxylic acids is 3. The highest BCUT2D eigenvalue weighted by Crippen LogP contribution is 2.40. The summed E-state index contributed by atoms with van der Waals surface area (Å²) in [6.07, 6.45) is 0.545. The molecule has 1 aliphatic carbocycles. The van der Waals surface area contributed by atoms with E-state index in [0.29, 0.717) is 17.7 Å². The van der Waals surface area contributed by atoms with Crippen LogP contribution in [0.2, 0.25) is 0 Å². The Bertz CT molecular complexity index is 893. The van der Waals surface area contributed by atoms with Crippen molar-refractivity contribution in [1.29, 1.82) is 0 Å². The van der Waals surface area contributed by atoms with E-state index >= 15 is 0 Å². The number of rotatable bonds is 5. The molecule has 0 spiro atoms. The number of carbonyl (C=O) groups is 3. The molecule has 5 nitrogen and oxygen atoms in total. The van der Waals surface area contributed by atoms with Gasteiger partial charge in [0.25, 0.3) is 0 Å². The maximum absolute atomic E-state index is 12.4. The van der Waals surface area contributed by atoms with Crippen LogP contribution >= 0.6 is 0 Å². The summed E-state index contributed by atoms with van der Waals surface area (Å²) in [5, 5.41) is 5.71. The van der Waals surface area contributed by atoms with Gasteiger partial charge in [0.1, 0.15) is 0 Å². The first-order valence-electron chi connectivity index (χ1n) is 9.48. The van der Waals surface area contributed by atoms with Crippen LogP contribution in [0.3, 0.4) is 0 Å². The van der Waals surface area contributed by atoms with Gasteiger partial charge in [0.05, 0.1) is 11.8 Å². The summed E-state index contributed by atoms with van der Waals surface area (Å²) in [6.45, 7) is 7.92. The molecule has 2 N–H and O–H groups in total. The second kappa shape index (κ2) is 7.58. The predicted molar refractivity (Wildman–Crippen MR) is 110 cm³/mol. The third-order valence-corrected chi connectivity index (χ3v) is 5.04. The molecular weight excluding hydrogens is 352 g/mol. The normalized spacial score (nSPS) is 18.3. The first-order valence-corrected chi connectivity index (χ1v) is 9.48. The first-order chi connectivity index (χ1) is 13.1. The molecule has 0 saturated heterocycles. The summed E-state index contributed by atoms with van der Waals surface area (Å²) in [7, 11) is 0. The van der Waals surface area contributed by atoms with Gasteiger partial charge in [0.2, 0.25) is 11.8 Å². The van der Waals surface area contributed by atoms with Crippen LogP contribution < -0.4 is 10.6 Å². The Morgan fingerprint density at radius 1 is 0.786 bits per heavy atom. The molecule has 2 atom stereocenters. The van der Waals surface area contributed by atoms with Crippen LogP contribution in [0.1, 0.15) is 50.0 Å². The van der Waals surface area contributed by atoms with E-state index in [1.165, 1.54) is 12.5 Å². The Hall–Kier alpha value is -2.95. The molecule has 1 aliphatic rings. The number of amides is 2. The van der Waals surface area contributed by atoms with E-state index in [-0.39, 0.29) is 34.8 Å². The standard InChI is InChI=1S/C23H26N2O3/c1-14(26)15-5-9-17(10-6-15)24-21(27)19-13-20(19)22(28)25-18-11-7-16(8-12-18)23(2,3)4/h5-12,19-20H,13H2,1-4H3,(H,24,27)(H,25,28). The van der Waals surface area contributed by atoms with E-state index in [0.717, 1.165) is 5.69 Å². The molecule has 0 bridgehead atoms. The SMILES string of the molecule is CC(=O)c1ccc(NC(=O)C2CC2C(=O)Nc2ccc(C(C)(C)C)cc2)cc1. The zero-order valence-corrected chi connectivity index (χ0v) is 16.7. The lowest BCUT2D eigenvalue weighted by molar-refractivity contribution is -0.122. The lowest BCUT2D eigenvalue weighted by atomic mass is 9.87. The number of hydrogen-bond acceptors (Lipinski definition) is 3. The van der Waals surface area contributed by atoms with Crippen molar-refractivity contribution in [2.45, 2.75) is 39.5 Å². The second-order valence-electron chi connectivity index (χ2n) is 8.39. The van der Waals surface area contributed by atoms with E-state index in [2.05, 4.69) is 31.4 Å². The van der Waals surface area contributed by atoms with Gasteiger partial charge in [-0.15, -0.1) is 0 Å². The number of ketones is 1. The largest absolute Gasteiger partial charge is 0.326 e. The molecule has 0 radical (unpaired) electrons. The highest BCUT2D eigenvalue weighted by Gasteiger charge is 2.48. The third kappa shape index (κ3) is 4.66. The molecule has 0 heterocycles. The Morgan fingerprint density at radius 3 is 1.61 bits per heavy atom. The molecule has 3 rings (SSSR count). The summed E-state index contributed by atoms with van der Waals surface area (Å²) in [6, 6.07) is 14.6. The maximum Gasteiger partial charge on any atom is 0.228 e. The van der Waals surface area contributed by atoms with E-state index in [4.69, 9.17) is 0 Å². The van der Waals surface area contributed by atoms with Crippen molar-refractivity contribution < 1.29 is 14.4 Å². The Labute approximate surface area is 165 Å². The van der Waals surface area contributed by atoms with Gasteiger partial charge >= 0.3 is 0 Å². The van der Waals surface area contributed by atoms with Crippen LogP contribution in [0.4, 0.5) is 11.4 Å². The zero-order chi connectivity index (χ0) is 20.5. The van der Waals surface area contributed by atoms with E-state index < -0.39 is 0 Å². The molecule has 0 aromatic heterocycles. The first kappa shape index (κ1) is 19.8. The van der Waals surface area contributed by atoms with Gasteiger partial charge in [-0.05, 0) is 60.7 Å². The molecule has 146 valence electrons. The predicted octanol–water partition coefficient (Wildman–Crippen LogP) is 4.40. The second-order valence-corrected chi connectivity index (χ2v) is 8.39. The molecular formula is C23H26N2O3. The number of benzene rings is 2. The van der Waals surface area contributed by atoms with E-state index in [9.17, 15) is 14.4 Å². The van der Waals surface area contributed by atoms with Crippen molar-refractivity contribution in [3.05, 3.63) is 59.7 Å². The summed E-state index contributed by atoms with van der Waals surface area (Å²) in [5.74, 6) is -0.943. The van der Waals surface area contributed by atoms with Gasteiger partial charge in [-0.2, -0.15) is 0 Å². The summed E-state index contributed by atoms with van der Waals surface area (Å²) >= 11 is 0. The number of hydrogen-bond donors (Lipinski definition) is 2. The number of nitrogens with one attached hydrogen (secondary N) is 2. The lowest BCUT2D eigenvalue weighted by Crippen LogP contribution is -2.20. The highest BCUT2D eigenvalue weighted by atomic mass is 16.2. The molecule has 1 saturated carbocycles. The Balaban J connectivity index is 1.53. The molecule has 0 aliphatic heterocycles. The van der Waals surface area contributed by atoms with Gasteiger partial charge in [0.15, 0.2) is 5.78 Å². The average Bonchev–Trinajstić information content (AvgIpc) is 3.43. The van der Waals surface area contributed by atoms with Crippen molar-refractivity contribution in [2.24, 2.45) is 11.8 Å². The molecule has 2 unspecified atom stereocenters. The van der Waals surface area contributed by atoms with Crippen LogP contribution in [0.5, 0.6) is 0 Å². The van der Waals surface area contributed by atoms with Crippen molar-refractivity contribution >= 4 is 29.0 Å². The quantitative estimate of drug-likeness (QED) is 0.757. The van der Waals surface area contributed by atoms with Gasteiger partial charge in [0, 0.05) is 16.9 Å². The monoisotopic (exact) mass is 378 g/mol. The fourth-order valence-corrected chi connectivity index (χ4v) is 3.09. The van der Waals surface area contributed by atoms with Gasteiger partial charge in [-0.25, -0.2) is 0 Å². The Kier molecular flexibility index (Phi) is 5.36. The van der Waals surface area contributed by atoms with Crippen molar-refractivity contribution in [2.75, 3.05) is 10.6 Å². The average molecular weight is 378 g/mol. The minimum Gasteiger partial charge on any atom is -0.326 e.